The van der Waals surface area contributed by atoms with E-state index in [-0.39, 0.29) is 0 Å². The highest BCUT2D eigenvalue weighted by Gasteiger charge is 2.54. The Morgan fingerprint density at radius 1 is 0.367 bits per heavy atom. The van der Waals surface area contributed by atoms with Gasteiger partial charge in [-0.3, -0.25) is 4.57 Å². The van der Waals surface area contributed by atoms with Crippen LogP contribution in [-0.4, -0.2) is 9.55 Å². The number of aromatic nitrogens is 2. The number of benzene rings is 9. The van der Waals surface area contributed by atoms with Gasteiger partial charge in [0.05, 0.1) is 22.1 Å². The van der Waals surface area contributed by atoms with Gasteiger partial charge in [0.2, 0.25) is 0 Å². The van der Waals surface area contributed by atoms with Crippen molar-refractivity contribution in [2.45, 2.75) is 5.41 Å². The summed E-state index contributed by atoms with van der Waals surface area (Å²) in [5.41, 5.74) is 18.9. The van der Waals surface area contributed by atoms with Gasteiger partial charge in [-0.25, -0.2) is 4.98 Å². The minimum absolute atomic E-state index is 0.615. The molecular formula is C58H36N2. The molecule has 1 spiro atoms. The van der Waals surface area contributed by atoms with Gasteiger partial charge in [0.15, 0.2) is 0 Å². The zero-order chi connectivity index (χ0) is 39.4. The Labute approximate surface area is 348 Å². The normalized spacial score (nSPS) is 14.7. The second-order valence-corrected chi connectivity index (χ2v) is 16.2. The molecule has 0 fully saturated rings. The monoisotopic (exact) mass is 760 g/mol. The van der Waals surface area contributed by atoms with Crippen LogP contribution in [0.3, 0.4) is 0 Å². The first-order valence-electron chi connectivity index (χ1n) is 20.8. The van der Waals surface area contributed by atoms with Crippen LogP contribution in [0.5, 0.6) is 0 Å². The molecule has 0 radical (unpaired) electrons. The second kappa shape index (κ2) is 12.6. The topological polar surface area (TPSA) is 17.8 Å². The zero-order valence-corrected chi connectivity index (χ0v) is 32.7. The minimum Gasteiger partial charge on any atom is -0.293 e. The lowest BCUT2D eigenvalue weighted by molar-refractivity contribution is 0.797. The molecule has 13 rings (SSSR count). The third kappa shape index (κ3) is 4.45. The Morgan fingerprint density at radius 2 is 0.917 bits per heavy atom. The van der Waals surface area contributed by atoms with Gasteiger partial charge in [-0.05, 0) is 96.2 Å². The van der Waals surface area contributed by atoms with Crippen molar-refractivity contribution in [3.8, 4) is 61.6 Å². The fourth-order valence-electron chi connectivity index (χ4n) is 10.8. The van der Waals surface area contributed by atoms with E-state index in [4.69, 9.17) is 4.98 Å². The number of hydrogen-bond donors (Lipinski definition) is 0. The van der Waals surface area contributed by atoms with Crippen LogP contribution in [0, 0.1) is 0 Å². The Hall–Kier alpha value is -7.81. The molecule has 2 nitrogen and oxygen atoms in total. The Morgan fingerprint density at radius 3 is 1.65 bits per heavy atom. The molecule has 0 saturated carbocycles. The molecule has 0 amide bonds. The Kier molecular flexibility index (Phi) is 6.97. The summed E-state index contributed by atoms with van der Waals surface area (Å²) in [7, 11) is 0. The maximum Gasteiger partial charge on any atom is 0.138 e. The van der Waals surface area contributed by atoms with Crippen LogP contribution in [0.4, 0.5) is 0 Å². The highest BCUT2D eigenvalue weighted by atomic mass is 15.1. The number of para-hydroxylation sites is 1. The quantitative estimate of drug-likeness (QED) is 0.175. The lowest BCUT2D eigenvalue weighted by Crippen LogP contribution is -2.27. The van der Waals surface area contributed by atoms with Crippen molar-refractivity contribution in [3.63, 3.8) is 0 Å². The average Bonchev–Trinajstić information content (AvgIpc) is 3.94. The summed E-state index contributed by atoms with van der Waals surface area (Å²) in [4.78, 5) is 5.65. The SMILES string of the molecule is c1ccc(-c2cc(-c3ccccc3)nc(-n3c4ccccc4c4c5ccccc5c5c(c43)C3(c4ccccc4-c4ccc(-c6ccccc6)cc43)c3ccccc3-5)c2)cc1. The highest BCUT2D eigenvalue weighted by Crippen LogP contribution is 2.66. The van der Waals surface area contributed by atoms with Crippen molar-refractivity contribution in [2.75, 3.05) is 0 Å². The molecule has 0 saturated heterocycles. The van der Waals surface area contributed by atoms with Gasteiger partial charge in [0, 0.05) is 21.9 Å². The summed E-state index contributed by atoms with van der Waals surface area (Å²) in [5.74, 6) is 0.898. The smallest absolute Gasteiger partial charge is 0.138 e. The zero-order valence-electron chi connectivity index (χ0n) is 32.7. The molecule has 2 aliphatic carbocycles. The van der Waals surface area contributed by atoms with Gasteiger partial charge in [-0.1, -0.05) is 194 Å². The summed E-state index contributed by atoms with van der Waals surface area (Å²) in [6.07, 6.45) is 0. The fraction of sp³-hybridized carbons (Fsp3) is 0.0172. The largest absolute Gasteiger partial charge is 0.293 e. The van der Waals surface area contributed by atoms with Crippen molar-refractivity contribution in [3.05, 3.63) is 241 Å². The summed E-state index contributed by atoms with van der Waals surface area (Å²) < 4.78 is 2.50. The average molecular weight is 761 g/mol. The molecule has 0 aliphatic heterocycles. The van der Waals surface area contributed by atoms with Gasteiger partial charge >= 0.3 is 0 Å². The van der Waals surface area contributed by atoms with Crippen LogP contribution in [0.2, 0.25) is 0 Å². The van der Waals surface area contributed by atoms with E-state index in [2.05, 4.69) is 223 Å². The third-order valence-corrected chi connectivity index (χ3v) is 13.2. The van der Waals surface area contributed by atoms with E-state index in [0.29, 0.717) is 0 Å². The molecule has 2 aliphatic rings. The molecule has 0 bridgehead atoms. The van der Waals surface area contributed by atoms with E-state index in [0.717, 1.165) is 33.7 Å². The third-order valence-electron chi connectivity index (χ3n) is 13.2. The first-order chi connectivity index (χ1) is 29.8. The van der Waals surface area contributed by atoms with Crippen LogP contribution >= 0.6 is 0 Å². The molecular weight excluding hydrogens is 725 g/mol. The lowest BCUT2D eigenvalue weighted by atomic mass is 9.69. The van der Waals surface area contributed by atoms with Gasteiger partial charge in [0.25, 0.3) is 0 Å². The summed E-state index contributed by atoms with van der Waals surface area (Å²) in [5, 5.41) is 4.99. The van der Waals surface area contributed by atoms with E-state index in [9.17, 15) is 0 Å². The van der Waals surface area contributed by atoms with Crippen LogP contribution in [0.15, 0.2) is 218 Å². The first kappa shape index (κ1) is 33.2. The standard InChI is InChI=1S/C58H36N2/c1-4-18-37(19-5-1)40-32-33-43-42-24-12-15-29-48(42)58(50(43)34-40)49-30-16-13-27-46(49)54-44-25-10-11-26-45(44)55-47-28-14-17-31-52(47)60(57(55)56(54)58)53-36-41(38-20-6-2-7-21-38)35-51(59-53)39-22-8-3-9-23-39/h1-36H. The maximum absolute atomic E-state index is 5.65. The number of fused-ring (bicyclic) bond motifs is 17. The number of rotatable bonds is 4. The molecule has 278 valence electrons. The van der Waals surface area contributed by atoms with Crippen molar-refractivity contribution >= 4 is 32.6 Å². The predicted molar refractivity (Wildman–Crippen MR) is 249 cm³/mol. The summed E-state index contributed by atoms with van der Waals surface area (Å²) in [6.45, 7) is 0. The second-order valence-electron chi connectivity index (χ2n) is 16.2. The molecule has 2 heteroatoms. The summed E-state index contributed by atoms with van der Waals surface area (Å²) >= 11 is 0. The highest BCUT2D eigenvalue weighted by molar-refractivity contribution is 6.27. The molecule has 0 N–H and O–H groups in total. The predicted octanol–water partition coefficient (Wildman–Crippen LogP) is 14.7. The van der Waals surface area contributed by atoms with Crippen molar-refractivity contribution in [2.24, 2.45) is 0 Å². The summed E-state index contributed by atoms with van der Waals surface area (Å²) in [6, 6.07) is 80.3. The minimum atomic E-state index is -0.615. The first-order valence-corrected chi connectivity index (χ1v) is 20.8. The number of pyridine rings is 1. The molecule has 2 heterocycles. The van der Waals surface area contributed by atoms with Crippen molar-refractivity contribution < 1.29 is 0 Å². The van der Waals surface area contributed by atoms with Crippen LogP contribution in [0.25, 0.3) is 94.2 Å². The van der Waals surface area contributed by atoms with E-state index in [1.807, 2.05) is 0 Å². The molecule has 11 aromatic rings. The van der Waals surface area contributed by atoms with Gasteiger partial charge in [0.1, 0.15) is 5.82 Å². The Bertz CT molecular complexity index is 3470. The number of nitrogens with zero attached hydrogens (tertiary/aromatic N) is 2. The van der Waals surface area contributed by atoms with Crippen molar-refractivity contribution in [1.29, 1.82) is 0 Å². The maximum atomic E-state index is 5.65. The van der Waals surface area contributed by atoms with E-state index in [1.165, 1.54) is 82.7 Å². The molecule has 1 unspecified atom stereocenters. The van der Waals surface area contributed by atoms with Crippen LogP contribution in [0.1, 0.15) is 22.3 Å². The van der Waals surface area contributed by atoms with E-state index < -0.39 is 5.41 Å². The van der Waals surface area contributed by atoms with Gasteiger partial charge < -0.3 is 0 Å². The molecule has 2 aromatic heterocycles. The van der Waals surface area contributed by atoms with Crippen LogP contribution < -0.4 is 0 Å². The van der Waals surface area contributed by atoms with Gasteiger partial charge in [-0.15, -0.1) is 0 Å². The molecule has 1 atom stereocenters. The van der Waals surface area contributed by atoms with Gasteiger partial charge in [-0.2, -0.15) is 0 Å². The molecule has 60 heavy (non-hydrogen) atoms. The number of hydrogen-bond acceptors (Lipinski definition) is 1. The van der Waals surface area contributed by atoms with E-state index in [1.54, 1.807) is 0 Å². The van der Waals surface area contributed by atoms with Crippen LogP contribution in [-0.2, 0) is 5.41 Å². The molecule has 9 aromatic carbocycles. The van der Waals surface area contributed by atoms with Crippen molar-refractivity contribution in [1.82, 2.24) is 9.55 Å². The van der Waals surface area contributed by atoms with E-state index >= 15 is 0 Å². The Balaban J connectivity index is 1.26. The fourth-order valence-corrected chi connectivity index (χ4v) is 10.8. The lowest BCUT2D eigenvalue weighted by Gasteiger charge is -2.32.